The Kier molecular flexibility index (Phi) is 5.33. The second-order valence-corrected chi connectivity index (χ2v) is 11.7. The van der Waals surface area contributed by atoms with E-state index in [0.717, 1.165) is 32.5 Å². The smallest absolute Gasteiger partial charge is 0.148 e. The lowest BCUT2D eigenvalue weighted by Gasteiger charge is -2.07. The molecule has 9 rings (SSSR count). The zero-order chi connectivity index (χ0) is 28.3. The summed E-state index contributed by atoms with van der Waals surface area (Å²) < 4.78 is 4.67. The summed E-state index contributed by atoms with van der Waals surface area (Å²) in [6.07, 6.45) is 0. The topological polar surface area (TPSA) is 35.6 Å². The molecule has 0 spiro atoms. The summed E-state index contributed by atoms with van der Waals surface area (Å²) in [7, 11) is 0. The molecule has 4 nitrogen and oxygen atoms in total. The van der Waals surface area contributed by atoms with Crippen LogP contribution in [0, 0.1) is 0 Å². The van der Waals surface area contributed by atoms with Crippen molar-refractivity contribution >= 4 is 54.9 Å². The van der Waals surface area contributed by atoms with Gasteiger partial charge in [-0.3, -0.25) is 0 Å². The maximum Gasteiger partial charge on any atom is 0.148 e. The van der Waals surface area contributed by atoms with E-state index >= 15 is 0 Å². The van der Waals surface area contributed by atoms with Crippen LogP contribution in [0.1, 0.15) is 0 Å². The van der Waals surface area contributed by atoms with E-state index in [4.69, 9.17) is 0 Å². The summed E-state index contributed by atoms with van der Waals surface area (Å²) in [4.78, 5) is 0. The van der Waals surface area contributed by atoms with Crippen molar-refractivity contribution in [3.05, 3.63) is 146 Å². The molecule has 5 heteroatoms. The maximum absolute atomic E-state index is 4.67. The highest BCUT2D eigenvalue weighted by atomic mass is 32.1. The van der Waals surface area contributed by atoms with E-state index in [-0.39, 0.29) is 0 Å². The zero-order valence-electron chi connectivity index (χ0n) is 23.1. The summed E-state index contributed by atoms with van der Waals surface area (Å²) >= 11 is 1.64. The number of fused-ring (bicyclic) bond motifs is 6. The standard InChI is InChI=1S/C38H24N4S/c1-3-11-27(12-4-1)41-33-17-9-7-15-29(33)31-23-25(19-21-35(31)41)37-39-40-38(43-37)26-20-22-36-32(24-26)30-16-8-10-18-34(30)42(36)28-13-5-2-6-14-28/h1-24H. The van der Waals surface area contributed by atoms with Crippen LogP contribution in [-0.2, 0) is 0 Å². The molecule has 3 aromatic heterocycles. The molecule has 0 saturated carbocycles. The Morgan fingerprint density at radius 3 is 1.23 bits per heavy atom. The van der Waals surface area contributed by atoms with Gasteiger partial charge in [-0.2, -0.15) is 0 Å². The predicted octanol–water partition coefficient (Wildman–Crippen LogP) is 10.1. The lowest BCUT2D eigenvalue weighted by Crippen LogP contribution is -1.92. The fraction of sp³-hybridized carbons (Fsp3) is 0. The molecule has 0 amide bonds. The Hall–Kier alpha value is -5.52. The van der Waals surface area contributed by atoms with Crippen molar-refractivity contribution in [3.8, 4) is 32.5 Å². The third-order valence-corrected chi connectivity index (χ3v) is 9.31. The largest absolute Gasteiger partial charge is 0.309 e. The van der Waals surface area contributed by atoms with E-state index in [1.165, 1.54) is 43.6 Å². The maximum atomic E-state index is 4.67. The van der Waals surface area contributed by atoms with Gasteiger partial charge in [-0.1, -0.05) is 84.1 Å². The van der Waals surface area contributed by atoms with Gasteiger partial charge in [0.1, 0.15) is 10.0 Å². The summed E-state index contributed by atoms with van der Waals surface area (Å²) in [6, 6.07) is 51.6. The van der Waals surface area contributed by atoms with E-state index < -0.39 is 0 Å². The van der Waals surface area contributed by atoms with Crippen LogP contribution in [0.5, 0.6) is 0 Å². The van der Waals surface area contributed by atoms with Crippen molar-refractivity contribution in [1.82, 2.24) is 19.3 Å². The number of benzene rings is 6. The number of aromatic nitrogens is 4. The second-order valence-electron chi connectivity index (χ2n) is 10.8. The highest BCUT2D eigenvalue weighted by Crippen LogP contribution is 2.39. The SMILES string of the molecule is c1ccc(-n2c3ccccc3c3cc(-c4nnc(-c5ccc6c(c5)c5ccccc5n6-c5ccccc5)s4)ccc32)cc1. The van der Waals surface area contributed by atoms with E-state index in [0.29, 0.717) is 0 Å². The quantitative estimate of drug-likeness (QED) is 0.212. The van der Waals surface area contributed by atoms with Gasteiger partial charge >= 0.3 is 0 Å². The number of rotatable bonds is 4. The molecule has 0 atom stereocenters. The molecule has 6 aromatic carbocycles. The third-order valence-electron chi connectivity index (χ3n) is 8.29. The Morgan fingerprint density at radius 1 is 0.372 bits per heavy atom. The minimum absolute atomic E-state index is 0.917. The van der Waals surface area contributed by atoms with Gasteiger partial charge in [0.15, 0.2) is 0 Å². The van der Waals surface area contributed by atoms with Crippen LogP contribution >= 0.6 is 11.3 Å². The van der Waals surface area contributed by atoms with Crippen molar-refractivity contribution in [2.45, 2.75) is 0 Å². The van der Waals surface area contributed by atoms with Crippen molar-refractivity contribution < 1.29 is 0 Å². The molecule has 0 aliphatic carbocycles. The molecule has 0 aliphatic rings. The van der Waals surface area contributed by atoms with Crippen LogP contribution < -0.4 is 0 Å². The fourth-order valence-electron chi connectivity index (χ4n) is 6.38. The number of para-hydroxylation sites is 4. The van der Waals surface area contributed by atoms with Crippen molar-refractivity contribution in [3.63, 3.8) is 0 Å². The first kappa shape index (κ1) is 24.1. The first-order chi connectivity index (χ1) is 21.3. The Labute approximate surface area is 251 Å². The normalized spacial score (nSPS) is 11.7. The van der Waals surface area contributed by atoms with Gasteiger partial charge in [-0.15, -0.1) is 10.2 Å². The molecular formula is C38H24N4S. The molecule has 0 unspecified atom stereocenters. The monoisotopic (exact) mass is 568 g/mol. The molecule has 0 saturated heterocycles. The van der Waals surface area contributed by atoms with Crippen LogP contribution in [0.25, 0.3) is 76.1 Å². The molecule has 0 bridgehead atoms. The van der Waals surface area contributed by atoms with E-state index in [2.05, 4.69) is 165 Å². The predicted molar refractivity (Wildman–Crippen MR) is 179 cm³/mol. The van der Waals surface area contributed by atoms with Gasteiger partial charge < -0.3 is 9.13 Å². The van der Waals surface area contributed by atoms with Crippen LogP contribution in [0.2, 0.25) is 0 Å². The second kappa shape index (κ2) is 9.51. The number of hydrogen-bond acceptors (Lipinski definition) is 3. The van der Waals surface area contributed by atoms with Crippen molar-refractivity contribution in [1.29, 1.82) is 0 Å². The van der Waals surface area contributed by atoms with Gasteiger partial charge in [0.2, 0.25) is 0 Å². The van der Waals surface area contributed by atoms with Gasteiger partial charge in [0.25, 0.3) is 0 Å². The van der Waals surface area contributed by atoms with E-state index in [1.54, 1.807) is 11.3 Å². The van der Waals surface area contributed by atoms with Crippen LogP contribution in [-0.4, -0.2) is 19.3 Å². The molecule has 0 aliphatic heterocycles. The fourth-order valence-corrected chi connectivity index (χ4v) is 7.21. The number of hydrogen-bond donors (Lipinski definition) is 0. The molecule has 43 heavy (non-hydrogen) atoms. The van der Waals surface area contributed by atoms with Gasteiger partial charge in [0, 0.05) is 44.0 Å². The van der Waals surface area contributed by atoms with Crippen molar-refractivity contribution in [2.24, 2.45) is 0 Å². The third kappa shape index (κ3) is 3.75. The average Bonchev–Trinajstić information content (AvgIpc) is 3.78. The Bertz CT molecular complexity index is 2280. The zero-order valence-corrected chi connectivity index (χ0v) is 23.9. The average molecular weight is 569 g/mol. The van der Waals surface area contributed by atoms with E-state index in [9.17, 15) is 0 Å². The summed E-state index contributed by atoms with van der Waals surface area (Å²) in [5.41, 5.74) is 9.22. The molecule has 0 fully saturated rings. The van der Waals surface area contributed by atoms with Crippen molar-refractivity contribution in [2.75, 3.05) is 0 Å². The molecular weight excluding hydrogens is 545 g/mol. The molecule has 0 N–H and O–H groups in total. The first-order valence-electron chi connectivity index (χ1n) is 14.3. The van der Waals surface area contributed by atoms with Crippen LogP contribution in [0.15, 0.2) is 146 Å². The molecule has 0 radical (unpaired) electrons. The first-order valence-corrected chi connectivity index (χ1v) is 15.2. The van der Waals surface area contributed by atoms with Gasteiger partial charge in [0.05, 0.1) is 22.1 Å². The lowest BCUT2D eigenvalue weighted by molar-refractivity contribution is 1.10. The van der Waals surface area contributed by atoms with Crippen LogP contribution in [0.3, 0.4) is 0 Å². The highest BCUT2D eigenvalue weighted by Gasteiger charge is 2.17. The van der Waals surface area contributed by atoms with Crippen LogP contribution in [0.4, 0.5) is 0 Å². The summed E-state index contributed by atoms with van der Waals surface area (Å²) in [5, 5.41) is 16.0. The minimum atomic E-state index is 0.917. The molecule has 3 heterocycles. The van der Waals surface area contributed by atoms with Gasteiger partial charge in [-0.05, 0) is 72.8 Å². The Morgan fingerprint density at radius 2 is 0.767 bits per heavy atom. The minimum Gasteiger partial charge on any atom is -0.309 e. The van der Waals surface area contributed by atoms with Gasteiger partial charge in [-0.25, -0.2) is 0 Å². The highest BCUT2D eigenvalue weighted by molar-refractivity contribution is 7.17. The molecule has 9 aromatic rings. The molecule has 202 valence electrons. The lowest BCUT2D eigenvalue weighted by atomic mass is 10.1. The number of nitrogens with zero attached hydrogens (tertiary/aromatic N) is 4. The summed E-state index contributed by atoms with van der Waals surface area (Å²) in [6.45, 7) is 0. The summed E-state index contributed by atoms with van der Waals surface area (Å²) in [5.74, 6) is 0. The Balaban J connectivity index is 1.16. The van der Waals surface area contributed by atoms with E-state index in [1.807, 2.05) is 0 Å².